The number of rotatable bonds is 6. The molecule has 2 aromatic heterocycles. The van der Waals surface area contributed by atoms with E-state index < -0.39 is 5.97 Å². The second kappa shape index (κ2) is 8.80. The van der Waals surface area contributed by atoms with E-state index in [4.69, 9.17) is 9.47 Å². The summed E-state index contributed by atoms with van der Waals surface area (Å²) in [4.78, 5) is 30.3. The van der Waals surface area contributed by atoms with Crippen LogP contribution in [0.25, 0.3) is 5.65 Å². The minimum atomic E-state index is -0.424. The van der Waals surface area contributed by atoms with Crippen LogP contribution in [0, 0.1) is 6.92 Å². The number of aromatic nitrogens is 2. The summed E-state index contributed by atoms with van der Waals surface area (Å²) >= 11 is 1.61. The summed E-state index contributed by atoms with van der Waals surface area (Å²) in [6.45, 7) is 2.65. The summed E-state index contributed by atoms with van der Waals surface area (Å²) < 4.78 is 12.6. The third-order valence-electron chi connectivity index (χ3n) is 4.85. The van der Waals surface area contributed by atoms with Crippen molar-refractivity contribution in [1.29, 1.82) is 0 Å². The Labute approximate surface area is 172 Å². The lowest BCUT2D eigenvalue weighted by atomic mass is 10.2. The van der Waals surface area contributed by atoms with Gasteiger partial charge in [0.25, 0.3) is 5.56 Å². The molecule has 1 saturated heterocycles. The van der Waals surface area contributed by atoms with Crippen LogP contribution in [0.1, 0.15) is 34.5 Å². The number of benzene rings is 1. The minimum absolute atomic E-state index is 0.0519. The number of nitrogens with zero attached hydrogens (tertiary/aromatic N) is 2. The molecule has 4 rings (SSSR count). The Kier molecular flexibility index (Phi) is 5.97. The molecule has 0 aliphatic carbocycles. The molecule has 0 saturated carbocycles. The van der Waals surface area contributed by atoms with E-state index in [0.717, 1.165) is 35.7 Å². The number of ether oxygens (including phenoxy) is 2. The molecular weight excluding hydrogens is 388 g/mol. The van der Waals surface area contributed by atoms with Gasteiger partial charge in [-0.2, -0.15) is 0 Å². The first kappa shape index (κ1) is 19.7. The third-order valence-corrected chi connectivity index (χ3v) is 6.05. The number of pyridine rings is 1. The Morgan fingerprint density at radius 3 is 3.00 bits per heavy atom. The summed E-state index contributed by atoms with van der Waals surface area (Å²) in [5.41, 5.74) is 2.20. The van der Waals surface area contributed by atoms with Crippen molar-refractivity contribution >= 4 is 23.4 Å². The first-order valence-electron chi connectivity index (χ1n) is 9.60. The van der Waals surface area contributed by atoms with E-state index in [9.17, 15) is 9.59 Å². The smallest absolute Gasteiger partial charge is 0.339 e. The van der Waals surface area contributed by atoms with Crippen molar-refractivity contribution in [3.8, 4) is 0 Å². The summed E-state index contributed by atoms with van der Waals surface area (Å²) in [7, 11) is 0. The van der Waals surface area contributed by atoms with Crippen molar-refractivity contribution in [3.05, 3.63) is 75.8 Å². The largest absolute Gasteiger partial charge is 0.456 e. The average Bonchev–Trinajstić information content (AvgIpc) is 3.25. The molecular formula is C22H22N2O4S. The van der Waals surface area contributed by atoms with Crippen LogP contribution in [-0.4, -0.2) is 33.8 Å². The van der Waals surface area contributed by atoms with Gasteiger partial charge in [-0.1, -0.05) is 18.2 Å². The quantitative estimate of drug-likeness (QED) is 0.457. The molecule has 1 aliphatic heterocycles. The van der Waals surface area contributed by atoms with Gasteiger partial charge < -0.3 is 9.47 Å². The highest BCUT2D eigenvalue weighted by Gasteiger charge is 2.18. The fourth-order valence-electron chi connectivity index (χ4n) is 3.32. The van der Waals surface area contributed by atoms with Gasteiger partial charge in [0.15, 0.2) is 0 Å². The van der Waals surface area contributed by atoms with Gasteiger partial charge in [-0.25, -0.2) is 9.78 Å². The normalized spacial score (nSPS) is 16.2. The number of hydrogen-bond donors (Lipinski definition) is 0. The molecule has 1 fully saturated rings. The van der Waals surface area contributed by atoms with Crippen molar-refractivity contribution in [2.24, 2.45) is 0 Å². The van der Waals surface area contributed by atoms with Gasteiger partial charge in [-0.05, 0) is 43.5 Å². The van der Waals surface area contributed by atoms with Gasteiger partial charge in [0, 0.05) is 29.5 Å². The summed E-state index contributed by atoms with van der Waals surface area (Å²) in [5, 5.41) is 0. The molecule has 6 nitrogen and oxygen atoms in total. The second-order valence-electron chi connectivity index (χ2n) is 6.99. The zero-order chi connectivity index (χ0) is 20.2. The molecule has 0 radical (unpaired) electrons. The number of fused-ring (bicyclic) bond motifs is 1. The van der Waals surface area contributed by atoms with Gasteiger partial charge in [0.1, 0.15) is 12.3 Å². The molecule has 3 heterocycles. The number of carbonyl (C=O) groups excluding carboxylic acids is 1. The highest BCUT2D eigenvalue weighted by molar-refractivity contribution is 7.99. The Hall–Kier alpha value is -2.64. The van der Waals surface area contributed by atoms with Crippen LogP contribution < -0.4 is 5.56 Å². The SMILES string of the molecule is Cc1cccn2c(=O)cc(COC(=O)c3ccccc3SC[C@H]3CCCO3)nc12. The molecule has 0 unspecified atom stereocenters. The lowest BCUT2D eigenvalue weighted by Crippen LogP contribution is -2.17. The van der Waals surface area contributed by atoms with Gasteiger partial charge in [0.2, 0.25) is 0 Å². The second-order valence-corrected chi connectivity index (χ2v) is 8.05. The van der Waals surface area contributed by atoms with Gasteiger partial charge in [-0.3, -0.25) is 9.20 Å². The van der Waals surface area contributed by atoms with E-state index in [1.165, 1.54) is 10.5 Å². The summed E-state index contributed by atoms with van der Waals surface area (Å²) in [6, 6.07) is 12.5. The van der Waals surface area contributed by atoms with Crippen LogP contribution in [0.3, 0.4) is 0 Å². The molecule has 0 N–H and O–H groups in total. The lowest BCUT2D eigenvalue weighted by Gasteiger charge is -2.12. The highest BCUT2D eigenvalue weighted by Crippen LogP contribution is 2.27. The first-order valence-corrected chi connectivity index (χ1v) is 10.6. The number of thioether (sulfide) groups is 1. The Morgan fingerprint density at radius 2 is 2.17 bits per heavy atom. The van der Waals surface area contributed by atoms with Crippen LogP contribution in [0.15, 0.2) is 58.4 Å². The summed E-state index contributed by atoms with van der Waals surface area (Å²) in [5.74, 6) is 0.388. The predicted molar refractivity (Wildman–Crippen MR) is 111 cm³/mol. The summed E-state index contributed by atoms with van der Waals surface area (Å²) in [6.07, 6.45) is 4.06. The third kappa shape index (κ3) is 4.52. The van der Waals surface area contributed by atoms with E-state index in [2.05, 4.69) is 4.98 Å². The van der Waals surface area contributed by atoms with Crippen molar-refractivity contribution in [2.75, 3.05) is 12.4 Å². The topological polar surface area (TPSA) is 69.9 Å². The molecule has 29 heavy (non-hydrogen) atoms. The minimum Gasteiger partial charge on any atom is -0.456 e. The van der Waals surface area contributed by atoms with E-state index in [1.807, 2.05) is 31.2 Å². The van der Waals surface area contributed by atoms with Gasteiger partial charge >= 0.3 is 5.97 Å². The molecule has 0 spiro atoms. The Balaban J connectivity index is 1.47. The van der Waals surface area contributed by atoms with E-state index in [1.54, 1.807) is 30.1 Å². The van der Waals surface area contributed by atoms with E-state index in [0.29, 0.717) is 16.9 Å². The van der Waals surface area contributed by atoms with Crippen LogP contribution in [-0.2, 0) is 16.1 Å². The zero-order valence-corrected chi connectivity index (χ0v) is 17.0. The maximum absolute atomic E-state index is 12.7. The maximum Gasteiger partial charge on any atom is 0.339 e. The van der Waals surface area contributed by atoms with E-state index in [-0.39, 0.29) is 18.3 Å². The average molecular weight is 410 g/mol. The molecule has 1 aromatic carbocycles. The molecule has 150 valence electrons. The highest BCUT2D eigenvalue weighted by atomic mass is 32.2. The van der Waals surface area contributed by atoms with Crippen LogP contribution in [0.5, 0.6) is 0 Å². The monoisotopic (exact) mass is 410 g/mol. The maximum atomic E-state index is 12.7. The fraction of sp³-hybridized carbons (Fsp3) is 0.318. The first-order chi connectivity index (χ1) is 14.1. The molecule has 7 heteroatoms. The Morgan fingerprint density at radius 1 is 1.31 bits per heavy atom. The molecule has 0 bridgehead atoms. The fourth-order valence-corrected chi connectivity index (χ4v) is 4.43. The molecule has 1 atom stereocenters. The van der Waals surface area contributed by atoms with E-state index >= 15 is 0 Å². The molecule has 1 aliphatic rings. The van der Waals surface area contributed by atoms with Gasteiger partial charge in [-0.15, -0.1) is 11.8 Å². The number of hydrogen-bond acceptors (Lipinski definition) is 6. The zero-order valence-electron chi connectivity index (χ0n) is 16.2. The predicted octanol–water partition coefficient (Wildman–Crippen LogP) is 3.63. The standard InChI is InChI=1S/C22H22N2O4S/c1-15-6-4-10-24-20(25)12-16(23-21(15)24)13-28-22(26)18-8-2-3-9-19(18)29-14-17-7-5-11-27-17/h2-4,6,8-10,12,17H,5,7,11,13-14H2,1H3/t17-/m1/s1. The van der Waals surface area contributed by atoms with Crippen LogP contribution in [0.4, 0.5) is 0 Å². The number of aryl methyl sites for hydroxylation is 1. The lowest BCUT2D eigenvalue weighted by molar-refractivity contribution is 0.0463. The van der Waals surface area contributed by atoms with Crippen molar-refractivity contribution in [3.63, 3.8) is 0 Å². The van der Waals surface area contributed by atoms with Crippen molar-refractivity contribution in [1.82, 2.24) is 9.38 Å². The van der Waals surface area contributed by atoms with Crippen molar-refractivity contribution < 1.29 is 14.3 Å². The van der Waals surface area contributed by atoms with Crippen molar-refractivity contribution in [2.45, 2.75) is 37.4 Å². The number of esters is 1. The molecule has 3 aromatic rings. The molecule has 0 amide bonds. The Bertz CT molecular complexity index is 1090. The van der Waals surface area contributed by atoms with Gasteiger partial charge in [0.05, 0.1) is 17.4 Å². The number of carbonyl (C=O) groups is 1. The van der Waals surface area contributed by atoms with Crippen LogP contribution >= 0.6 is 11.8 Å². The van der Waals surface area contributed by atoms with Crippen LogP contribution in [0.2, 0.25) is 0 Å².